The first-order valence-electron chi connectivity index (χ1n) is 9.39. The molecule has 0 amide bonds. The quantitative estimate of drug-likeness (QED) is 0.612. The van der Waals surface area contributed by atoms with Gasteiger partial charge in [0.25, 0.3) is 6.43 Å². The van der Waals surface area contributed by atoms with E-state index in [1.54, 1.807) is 22.4 Å². The molecular formula is C21H21F2N3OS. The van der Waals surface area contributed by atoms with Crippen LogP contribution in [0.3, 0.4) is 0 Å². The summed E-state index contributed by atoms with van der Waals surface area (Å²) in [5.74, 6) is 0.0945. The van der Waals surface area contributed by atoms with Crippen molar-refractivity contribution in [1.82, 2.24) is 14.9 Å². The van der Waals surface area contributed by atoms with Crippen LogP contribution in [0.5, 0.6) is 0 Å². The highest BCUT2D eigenvalue weighted by Crippen LogP contribution is 2.27. The molecule has 4 rings (SSSR count). The smallest absolute Gasteiger partial charge is 0.251 e. The number of nitrogens with zero attached hydrogens (tertiary/aromatic N) is 3. The monoisotopic (exact) mass is 401 g/mol. The molecule has 3 heterocycles. The third kappa shape index (κ3) is 4.42. The fourth-order valence-corrected chi connectivity index (χ4v) is 4.37. The van der Waals surface area contributed by atoms with Crippen molar-refractivity contribution in [2.75, 3.05) is 19.6 Å². The maximum atomic E-state index is 12.7. The van der Waals surface area contributed by atoms with Gasteiger partial charge in [-0.25, -0.2) is 8.78 Å². The molecular weight excluding hydrogens is 380 g/mol. The van der Waals surface area contributed by atoms with Gasteiger partial charge in [-0.15, -0.1) is 11.3 Å². The number of benzene rings is 1. The highest BCUT2D eigenvalue weighted by molar-refractivity contribution is 7.13. The average molecular weight is 401 g/mol. The lowest BCUT2D eigenvalue weighted by Crippen LogP contribution is -2.39. The van der Waals surface area contributed by atoms with E-state index in [-0.39, 0.29) is 18.2 Å². The summed E-state index contributed by atoms with van der Waals surface area (Å²) in [4.78, 5) is 24.1. The molecule has 3 aromatic rings. The van der Waals surface area contributed by atoms with Crippen molar-refractivity contribution in [3.05, 3.63) is 47.9 Å². The number of hydrogen-bond acceptors (Lipinski definition) is 5. The standard InChI is InChI=1S/C21H21F2N3OS/c22-21(23)12-26-5-3-14(4-6-26)19(27)9-18-8-17-7-15(20-11-24-13-28-20)1-2-16(17)10-25-18/h1-2,7-8,10-11,13-14,21H,3-6,9,12H2. The number of carbonyl (C=O) groups is 1. The SMILES string of the molecule is O=C(Cc1cc2cc(-c3cncs3)ccc2cn1)C1CCN(CC(F)F)CC1. The summed E-state index contributed by atoms with van der Waals surface area (Å²) in [5, 5.41) is 2.08. The highest BCUT2D eigenvalue weighted by atomic mass is 32.1. The Labute approximate surface area is 166 Å². The first-order valence-corrected chi connectivity index (χ1v) is 10.3. The van der Waals surface area contributed by atoms with Crippen LogP contribution >= 0.6 is 11.3 Å². The molecule has 0 spiro atoms. The molecule has 2 aromatic heterocycles. The van der Waals surface area contributed by atoms with Crippen LogP contribution in [-0.2, 0) is 11.2 Å². The van der Waals surface area contributed by atoms with Gasteiger partial charge < -0.3 is 0 Å². The van der Waals surface area contributed by atoms with Gasteiger partial charge in [0.15, 0.2) is 0 Å². The second kappa shape index (κ2) is 8.41. The first-order chi connectivity index (χ1) is 13.6. The van der Waals surface area contributed by atoms with Crippen molar-refractivity contribution in [3.63, 3.8) is 0 Å². The maximum absolute atomic E-state index is 12.7. The number of piperidine rings is 1. The molecule has 28 heavy (non-hydrogen) atoms. The Morgan fingerprint density at radius 3 is 2.71 bits per heavy atom. The van der Waals surface area contributed by atoms with E-state index in [0.29, 0.717) is 32.4 Å². The lowest BCUT2D eigenvalue weighted by Gasteiger charge is -2.30. The zero-order chi connectivity index (χ0) is 19.5. The minimum Gasteiger partial charge on any atom is -0.299 e. The van der Waals surface area contributed by atoms with Crippen LogP contribution in [-0.4, -0.2) is 46.7 Å². The Bertz CT molecular complexity index is 953. The summed E-state index contributed by atoms with van der Waals surface area (Å²) in [5.41, 5.74) is 3.67. The molecule has 1 aliphatic heterocycles. The van der Waals surface area contributed by atoms with E-state index < -0.39 is 6.43 Å². The van der Waals surface area contributed by atoms with E-state index in [9.17, 15) is 13.6 Å². The van der Waals surface area contributed by atoms with Crippen LogP contribution in [0.25, 0.3) is 21.2 Å². The van der Waals surface area contributed by atoms with Crippen LogP contribution in [0.1, 0.15) is 18.5 Å². The molecule has 0 N–H and O–H groups in total. The fraction of sp³-hybridized carbons (Fsp3) is 0.381. The van der Waals surface area contributed by atoms with Crippen molar-refractivity contribution >= 4 is 27.9 Å². The number of ketones is 1. The summed E-state index contributed by atoms with van der Waals surface area (Å²) < 4.78 is 25.0. The van der Waals surface area contributed by atoms with Gasteiger partial charge in [-0.05, 0) is 49.0 Å². The molecule has 0 saturated carbocycles. The van der Waals surface area contributed by atoms with E-state index in [0.717, 1.165) is 26.9 Å². The fourth-order valence-electron chi connectivity index (χ4n) is 3.75. The largest absolute Gasteiger partial charge is 0.299 e. The van der Waals surface area contributed by atoms with Crippen LogP contribution in [0.4, 0.5) is 8.78 Å². The van der Waals surface area contributed by atoms with Gasteiger partial charge in [-0.3, -0.25) is 19.7 Å². The number of aromatic nitrogens is 2. The van der Waals surface area contributed by atoms with Crippen molar-refractivity contribution in [3.8, 4) is 10.4 Å². The minimum atomic E-state index is -2.32. The number of rotatable bonds is 6. The Morgan fingerprint density at radius 2 is 2.00 bits per heavy atom. The second-order valence-corrected chi connectivity index (χ2v) is 8.10. The molecule has 1 saturated heterocycles. The molecule has 0 aliphatic carbocycles. The number of fused-ring (bicyclic) bond motifs is 1. The van der Waals surface area contributed by atoms with E-state index in [1.807, 2.05) is 23.8 Å². The van der Waals surface area contributed by atoms with Gasteiger partial charge >= 0.3 is 0 Å². The Kier molecular flexibility index (Phi) is 5.73. The molecule has 0 atom stereocenters. The predicted octanol–water partition coefficient (Wildman–Crippen LogP) is 4.45. The normalized spacial score (nSPS) is 16.1. The molecule has 7 heteroatoms. The van der Waals surface area contributed by atoms with Gasteiger partial charge in [0.1, 0.15) is 5.78 Å². The van der Waals surface area contributed by atoms with Gasteiger partial charge in [0, 0.05) is 35.8 Å². The molecule has 1 fully saturated rings. The number of Topliss-reactive ketones (excluding diaryl/α,β-unsaturated/α-hetero) is 1. The summed E-state index contributed by atoms with van der Waals surface area (Å²) in [6, 6.07) is 8.16. The van der Waals surface area contributed by atoms with Crippen molar-refractivity contribution < 1.29 is 13.6 Å². The van der Waals surface area contributed by atoms with Gasteiger partial charge in [-0.1, -0.05) is 12.1 Å². The highest BCUT2D eigenvalue weighted by Gasteiger charge is 2.26. The Balaban J connectivity index is 1.43. The molecule has 0 radical (unpaired) electrons. The Hall–Kier alpha value is -2.25. The summed E-state index contributed by atoms with van der Waals surface area (Å²) >= 11 is 1.59. The van der Waals surface area contributed by atoms with Crippen LogP contribution in [0.2, 0.25) is 0 Å². The first kappa shape index (κ1) is 19.1. The average Bonchev–Trinajstić information content (AvgIpc) is 3.22. The number of hydrogen-bond donors (Lipinski definition) is 0. The summed E-state index contributed by atoms with van der Waals surface area (Å²) in [6.45, 7) is 0.920. The van der Waals surface area contributed by atoms with Crippen LogP contribution in [0.15, 0.2) is 42.2 Å². The molecule has 0 bridgehead atoms. The maximum Gasteiger partial charge on any atom is 0.251 e. The van der Waals surface area contributed by atoms with Gasteiger partial charge in [-0.2, -0.15) is 0 Å². The number of carbonyl (C=O) groups excluding carboxylic acids is 1. The van der Waals surface area contributed by atoms with Crippen LogP contribution < -0.4 is 0 Å². The lowest BCUT2D eigenvalue weighted by atomic mass is 9.90. The molecule has 0 unspecified atom stereocenters. The third-order valence-corrected chi connectivity index (χ3v) is 6.11. The number of thiazole rings is 1. The minimum absolute atomic E-state index is 0.0602. The van der Waals surface area contributed by atoms with Gasteiger partial charge in [0.2, 0.25) is 0 Å². The van der Waals surface area contributed by atoms with E-state index in [2.05, 4.69) is 22.1 Å². The number of pyridine rings is 1. The van der Waals surface area contributed by atoms with Crippen molar-refractivity contribution in [2.24, 2.45) is 5.92 Å². The van der Waals surface area contributed by atoms with Crippen LogP contribution in [0, 0.1) is 5.92 Å². The lowest BCUT2D eigenvalue weighted by molar-refractivity contribution is -0.123. The zero-order valence-corrected chi connectivity index (χ0v) is 16.2. The number of alkyl halides is 2. The number of likely N-dealkylation sites (tertiary alicyclic amines) is 1. The Morgan fingerprint density at radius 1 is 1.18 bits per heavy atom. The van der Waals surface area contributed by atoms with E-state index in [4.69, 9.17) is 0 Å². The molecule has 4 nitrogen and oxygen atoms in total. The van der Waals surface area contributed by atoms with Crippen molar-refractivity contribution in [1.29, 1.82) is 0 Å². The van der Waals surface area contributed by atoms with Gasteiger partial charge in [0.05, 0.1) is 16.9 Å². The molecule has 1 aromatic carbocycles. The molecule has 1 aliphatic rings. The van der Waals surface area contributed by atoms with Crippen molar-refractivity contribution in [2.45, 2.75) is 25.7 Å². The third-order valence-electron chi connectivity index (χ3n) is 5.29. The topological polar surface area (TPSA) is 46.1 Å². The van der Waals surface area contributed by atoms with E-state index in [1.165, 1.54) is 0 Å². The summed E-state index contributed by atoms with van der Waals surface area (Å²) in [7, 11) is 0. The molecule has 146 valence electrons. The summed E-state index contributed by atoms with van der Waals surface area (Å²) in [6.07, 6.45) is 2.92. The predicted molar refractivity (Wildman–Crippen MR) is 107 cm³/mol. The van der Waals surface area contributed by atoms with E-state index >= 15 is 0 Å². The number of halogens is 2. The second-order valence-electron chi connectivity index (χ2n) is 7.21. The zero-order valence-electron chi connectivity index (χ0n) is 15.4.